The first kappa shape index (κ1) is 10.2. The van der Waals surface area contributed by atoms with E-state index in [1.165, 1.54) is 0 Å². The normalized spacial score (nSPS) is 26.7. The molecule has 0 amide bonds. The van der Waals surface area contributed by atoms with Crippen LogP contribution in [-0.2, 0) is 14.3 Å². The SMILES string of the molecule is O=C1CCCCCCC(F)C(=O)O1. The van der Waals surface area contributed by atoms with E-state index >= 15 is 0 Å². The van der Waals surface area contributed by atoms with Crippen LogP contribution in [0.15, 0.2) is 0 Å². The molecule has 1 unspecified atom stereocenters. The zero-order valence-electron chi connectivity index (χ0n) is 7.42. The second-order valence-electron chi connectivity index (χ2n) is 3.21. The van der Waals surface area contributed by atoms with Crippen molar-refractivity contribution in [1.29, 1.82) is 0 Å². The fraction of sp³-hybridized carbons (Fsp3) is 0.778. The van der Waals surface area contributed by atoms with Gasteiger partial charge in [-0.15, -0.1) is 0 Å². The van der Waals surface area contributed by atoms with Crippen molar-refractivity contribution in [3.05, 3.63) is 0 Å². The van der Waals surface area contributed by atoms with Gasteiger partial charge in [-0.2, -0.15) is 0 Å². The topological polar surface area (TPSA) is 43.4 Å². The van der Waals surface area contributed by atoms with Gasteiger partial charge in [-0.05, 0) is 19.3 Å². The Bertz CT molecular complexity index is 203. The van der Waals surface area contributed by atoms with Crippen LogP contribution in [-0.4, -0.2) is 18.1 Å². The van der Waals surface area contributed by atoms with Crippen molar-refractivity contribution in [2.75, 3.05) is 0 Å². The number of alkyl halides is 1. The van der Waals surface area contributed by atoms with Gasteiger partial charge >= 0.3 is 11.9 Å². The highest BCUT2D eigenvalue weighted by molar-refractivity contribution is 5.87. The lowest BCUT2D eigenvalue weighted by atomic mass is 10.1. The van der Waals surface area contributed by atoms with E-state index < -0.39 is 18.1 Å². The third-order valence-electron chi connectivity index (χ3n) is 2.06. The minimum Gasteiger partial charge on any atom is -0.391 e. The van der Waals surface area contributed by atoms with Crippen LogP contribution in [0.4, 0.5) is 4.39 Å². The molecule has 13 heavy (non-hydrogen) atoms. The van der Waals surface area contributed by atoms with Crippen LogP contribution in [0.2, 0.25) is 0 Å². The van der Waals surface area contributed by atoms with Crippen LogP contribution in [0.3, 0.4) is 0 Å². The van der Waals surface area contributed by atoms with Crippen molar-refractivity contribution in [3.8, 4) is 0 Å². The Hall–Kier alpha value is -0.930. The minimum atomic E-state index is -1.62. The molecule has 0 aromatic rings. The zero-order chi connectivity index (χ0) is 9.68. The van der Waals surface area contributed by atoms with E-state index in [-0.39, 0.29) is 12.8 Å². The highest BCUT2D eigenvalue weighted by Crippen LogP contribution is 2.13. The van der Waals surface area contributed by atoms with E-state index in [0.29, 0.717) is 6.42 Å². The molecule has 0 radical (unpaired) electrons. The molecule has 0 aliphatic carbocycles. The molecule has 74 valence electrons. The summed E-state index contributed by atoms with van der Waals surface area (Å²) in [5, 5.41) is 0. The van der Waals surface area contributed by atoms with Gasteiger partial charge < -0.3 is 4.74 Å². The number of carbonyl (C=O) groups excluding carboxylic acids is 2. The molecule has 1 aliphatic rings. The first-order valence-electron chi connectivity index (χ1n) is 4.59. The molecule has 0 spiro atoms. The van der Waals surface area contributed by atoms with Crippen molar-refractivity contribution in [2.45, 2.75) is 44.7 Å². The summed E-state index contributed by atoms with van der Waals surface area (Å²) < 4.78 is 17.2. The van der Waals surface area contributed by atoms with Crippen molar-refractivity contribution in [3.63, 3.8) is 0 Å². The Morgan fingerprint density at radius 3 is 2.62 bits per heavy atom. The molecule has 1 saturated heterocycles. The van der Waals surface area contributed by atoms with E-state index in [4.69, 9.17) is 0 Å². The predicted molar refractivity (Wildman–Crippen MR) is 43.7 cm³/mol. The molecule has 1 fully saturated rings. The number of esters is 2. The monoisotopic (exact) mass is 188 g/mol. The van der Waals surface area contributed by atoms with Gasteiger partial charge in [-0.3, -0.25) is 4.79 Å². The Morgan fingerprint density at radius 2 is 1.85 bits per heavy atom. The van der Waals surface area contributed by atoms with Gasteiger partial charge in [0, 0.05) is 6.42 Å². The van der Waals surface area contributed by atoms with Crippen LogP contribution >= 0.6 is 0 Å². The predicted octanol–water partition coefficient (Wildman–Crippen LogP) is 1.75. The number of carbonyl (C=O) groups is 2. The molecule has 0 saturated carbocycles. The van der Waals surface area contributed by atoms with Crippen LogP contribution in [0.25, 0.3) is 0 Å². The molecular weight excluding hydrogens is 175 g/mol. The van der Waals surface area contributed by atoms with Crippen LogP contribution in [0.5, 0.6) is 0 Å². The second kappa shape index (κ2) is 4.94. The van der Waals surface area contributed by atoms with E-state index in [1.807, 2.05) is 0 Å². The van der Waals surface area contributed by atoms with Crippen LogP contribution in [0, 0.1) is 0 Å². The van der Waals surface area contributed by atoms with Gasteiger partial charge in [0.1, 0.15) is 0 Å². The average Bonchev–Trinajstić information content (AvgIpc) is 2.09. The van der Waals surface area contributed by atoms with Crippen molar-refractivity contribution >= 4 is 11.9 Å². The molecule has 1 atom stereocenters. The number of hydrogen-bond acceptors (Lipinski definition) is 3. The maximum Gasteiger partial charge on any atom is 0.348 e. The standard InChI is InChI=1S/C9H13FO3/c10-7-5-3-1-2-4-6-8(11)13-9(7)12/h7H,1-6H2. The maximum absolute atomic E-state index is 12.9. The number of hydrogen-bond donors (Lipinski definition) is 0. The quantitative estimate of drug-likeness (QED) is 0.429. The summed E-state index contributed by atoms with van der Waals surface area (Å²) in [5.74, 6) is -1.62. The van der Waals surface area contributed by atoms with Gasteiger partial charge in [0.2, 0.25) is 0 Å². The largest absolute Gasteiger partial charge is 0.391 e. The third-order valence-corrected chi connectivity index (χ3v) is 2.06. The summed E-state index contributed by atoms with van der Waals surface area (Å²) in [4.78, 5) is 21.7. The summed E-state index contributed by atoms with van der Waals surface area (Å²) in [6.07, 6.45) is 1.96. The molecule has 0 N–H and O–H groups in total. The molecule has 1 aliphatic heterocycles. The molecule has 1 rings (SSSR count). The van der Waals surface area contributed by atoms with Gasteiger partial charge in [-0.1, -0.05) is 12.8 Å². The van der Waals surface area contributed by atoms with Crippen molar-refractivity contribution in [2.24, 2.45) is 0 Å². The number of ether oxygens (including phenoxy) is 1. The van der Waals surface area contributed by atoms with Gasteiger partial charge in [0.15, 0.2) is 6.17 Å². The lowest BCUT2D eigenvalue weighted by Gasteiger charge is -2.09. The smallest absolute Gasteiger partial charge is 0.348 e. The molecular formula is C9H13FO3. The van der Waals surface area contributed by atoms with E-state index in [1.54, 1.807) is 0 Å². The highest BCUT2D eigenvalue weighted by atomic mass is 19.1. The summed E-state index contributed by atoms with van der Waals surface area (Å²) in [6.45, 7) is 0. The van der Waals surface area contributed by atoms with Crippen LogP contribution < -0.4 is 0 Å². The lowest BCUT2D eigenvalue weighted by molar-refractivity contribution is -0.163. The van der Waals surface area contributed by atoms with E-state index in [9.17, 15) is 14.0 Å². The summed E-state index contributed by atoms with van der Waals surface area (Å²) in [7, 11) is 0. The first-order chi connectivity index (χ1) is 6.20. The number of cyclic esters (lactones) is 2. The second-order valence-corrected chi connectivity index (χ2v) is 3.21. The molecule has 0 aromatic carbocycles. The van der Waals surface area contributed by atoms with Crippen molar-refractivity contribution < 1.29 is 18.7 Å². The molecule has 0 bridgehead atoms. The maximum atomic E-state index is 12.9. The summed E-state index contributed by atoms with van der Waals surface area (Å²) in [5.41, 5.74) is 0. The molecule has 3 nitrogen and oxygen atoms in total. The van der Waals surface area contributed by atoms with Crippen LogP contribution in [0.1, 0.15) is 38.5 Å². The average molecular weight is 188 g/mol. The number of halogens is 1. The van der Waals surface area contributed by atoms with Gasteiger partial charge in [0.25, 0.3) is 0 Å². The minimum absolute atomic E-state index is 0.173. The fourth-order valence-corrected chi connectivity index (χ4v) is 1.29. The molecule has 4 heteroatoms. The highest BCUT2D eigenvalue weighted by Gasteiger charge is 2.22. The first-order valence-corrected chi connectivity index (χ1v) is 4.59. The zero-order valence-corrected chi connectivity index (χ0v) is 7.42. The van der Waals surface area contributed by atoms with Gasteiger partial charge in [0.05, 0.1) is 0 Å². The summed E-state index contributed by atoms with van der Waals surface area (Å²) >= 11 is 0. The summed E-state index contributed by atoms with van der Waals surface area (Å²) in [6, 6.07) is 0. The third kappa shape index (κ3) is 3.53. The Labute approximate surface area is 76.3 Å². The van der Waals surface area contributed by atoms with Crippen molar-refractivity contribution in [1.82, 2.24) is 0 Å². The fourth-order valence-electron chi connectivity index (χ4n) is 1.29. The Kier molecular flexibility index (Phi) is 3.86. The van der Waals surface area contributed by atoms with Gasteiger partial charge in [-0.25, -0.2) is 9.18 Å². The lowest BCUT2D eigenvalue weighted by Crippen LogP contribution is -2.23. The van der Waals surface area contributed by atoms with E-state index in [2.05, 4.69) is 4.74 Å². The Balaban J connectivity index is 2.47. The number of rotatable bonds is 0. The molecule has 1 heterocycles. The molecule has 0 aromatic heterocycles. The Morgan fingerprint density at radius 1 is 1.15 bits per heavy atom. The van der Waals surface area contributed by atoms with E-state index in [0.717, 1.165) is 19.3 Å².